The van der Waals surface area contributed by atoms with Crippen molar-refractivity contribution in [2.75, 3.05) is 42.8 Å². The van der Waals surface area contributed by atoms with E-state index in [1.165, 1.54) is 0 Å². The van der Waals surface area contributed by atoms with E-state index in [0.717, 1.165) is 5.56 Å². The van der Waals surface area contributed by atoms with Crippen LogP contribution in [0.5, 0.6) is 0 Å². The van der Waals surface area contributed by atoms with Crippen LogP contribution in [0.25, 0.3) is 11.4 Å². The number of hydrogen-bond donors (Lipinski definition) is 2. The van der Waals surface area contributed by atoms with Crippen molar-refractivity contribution in [3.63, 3.8) is 0 Å². The molecule has 30 heavy (non-hydrogen) atoms. The highest BCUT2D eigenvalue weighted by Gasteiger charge is 2.23. The van der Waals surface area contributed by atoms with Crippen molar-refractivity contribution in [1.82, 2.24) is 15.3 Å². The van der Waals surface area contributed by atoms with E-state index < -0.39 is 9.84 Å². The monoisotopic (exact) mass is 433 g/mol. The number of sulfone groups is 1. The van der Waals surface area contributed by atoms with E-state index in [2.05, 4.69) is 20.5 Å². The van der Waals surface area contributed by atoms with E-state index >= 15 is 0 Å². The highest BCUT2D eigenvalue weighted by Crippen LogP contribution is 2.25. The van der Waals surface area contributed by atoms with Crippen molar-refractivity contribution in [2.24, 2.45) is 0 Å². The Hall–Kier alpha value is -2.72. The molecule has 0 unspecified atom stereocenters. The standard InChI is InChI=1S/C20H27N5O4S/c1-4-30(27,28)13-17-11-18(25-9-10-29-12-14(25)2)24-19(22-17)15-5-7-16(8-6-15)23-20(26)21-3/h5-8,11,14H,4,9-10,12-13H2,1-3H3,(H2,21,23,26)/t14-/m0/s1. The molecule has 1 atom stereocenters. The van der Waals surface area contributed by atoms with Crippen LogP contribution >= 0.6 is 0 Å². The Bertz CT molecular complexity index is 995. The minimum atomic E-state index is -3.24. The zero-order valence-electron chi connectivity index (χ0n) is 17.4. The molecule has 2 amide bonds. The molecule has 2 aromatic rings. The Kier molecular flexibility index (Phi) is 6.88. The number of carbonyl (C=O) groups excluding carboxylic acids is 1. The van der Waals surface area contributed by atoms with E-state index in [0.29, 0.717) is 42.8 Å². The molecule has 2 heterocycles. The third kappa shape index (κ3) is 5.45. The Morgan fingerprint density at radius 2 is 2.00 bits per heavy atom. The molecule has 0 spiro atoms. The molecule has 162 valence electrons. The first-order valence-corrected chi connectivity index (χ1v) is 11.7. The minimum absolute atomic E-state index is 0.0511. The van der Waals surface area contributed by atoms with Gasteiger partial charge < -0.3 is 20.3 Å². The average molecular weight is 434 g/mol. The molecule has 0 radical (unpaired) electrons. The quantitative estimate of drug-likeness (QED) is 0.717. The fourth-order valence-corrected chi connectivity index (χ4v) is 3.93. The summed E-state index contributed by atoms with van der Waals surface area (Å²) in [5.74, 6) is 1.04. The van der Waals surface area contributed by atoms with Crippen molar-refractivity contribution in [2.45, 2.75) is 25.6 Å². The maximum absolute atomic E-state index is 12.2. The third-order valence-corrected chi connectivity index (χ3v) is 6.48. The zero-order valence-corrected chi connectivity index (χ0v) is 18.2. The van der Waals surface area contributed by atoms with Crippen LogP contribution in [-0.2, 0) is 20.3 Å². The number of nitrogens with one attached hydrogen (secondary N) is 2. The maximum Gasteiger partial charge on any atom is 0.318 e. The van der Waals surface area contributed by atoms with Gasteiger partial charge >= 0.3 is 6.03 Å². The second-order valence-corrected chi connectivity index (χ2v) is 9.47. The van der Waals surface area contributed by atoms with Crippen LogP contribution in [0.1, 0.15) is 19.5 Å². The first kappa shape index (κ1) is 22.0. The molecular weight excluding hydrogens is 406 g/mol. The van der Waals surface area contributed by atoms with Gasteiger partial charge in [-0.1, -0.05) is 6.92 Å². The van der Waals surface area contributed by atoms with Crippen LogP contribution in [-0.4, -0.2) is 63.0 Å². The summed E-state index contributed by atoms with van der Waals surface area (Å²) in [6, 6.07) is 8.66. The number of ether oxygens (including phenoxy) is 1. The van der Waals surface area contributed by atoms with Crippen molar-refractivity contribution >= 4 is 27.4 Å². The van der Waals surface area contributed by atoms with Crippen LogP contribution in [0.3, 0.4) is 0 Å². The van der Waals surface area contributed by atoms with Gasteiger partial charge in [0.15, 0.2) is 15.7 Å². The van der Waals surface area contributed by atoms with Gasteiger partial charge in [0.1, 0.15) is 5.82 Å². The van der Waals surface area contributed by atoms with Crippen molar-refractivity contribution in [3.05, 3.63) is 36.0 Å². The number of nitrogens with zero attached hydrogens (tertiary/aromatic N) is 3. The number of hydrogen-bond acceptors (Lipinski definition) is 7. The van der Waals surface area contributed by atoms with E-state index in [9.17, 15) is 13.2 Å². The number of aromatic nitrogens is 2. The van der Waals surface area contributed by atoms with Crippen LogP contribution in [0.2, 0.25) is 0 Å². The van der Waals surface area contributed by atoms with Gasteiger partial charge in [0.25, 0.3) is 0 Å². The highest BCUT2D eigenvalue weighted by atomic mass is 32.2. The first-order chi connectivity index (χ1) is 14.3. The number of benzene rings is 1. The second-order valence-electron chi connectivity index (χ2n) is 7.12. The second kappa shape index (κ2) is 9.40. The van der Waals surface area contributed by atoms with Gasteiger partial charge in [0, 0.05) is 36.7 Å². The summed E-state index contributed by atoms with van der Waals surface area (Å²) in [7, 11) is -1.70. The van der Waals surface area contributed by atoms with Crippen molar-refractivity contribution in [3.8, 4) is 11.4 Å². The normalized spacial score (nSPS) is 16.9. The number of anilines is 2. The van der Waals surface area contributed by atoms with Gasteiger partial charge in [-0.15, -0.1) is 0 Å². The first-order valence-electron chi connectivity index (χ1n) is 9.83. The fourth-order valence-electron chi connectivity index (χ4n) is 3.12. The lowest BCUT2D eigenvalue weighted by Crippen LogP contribution is -2.44. The zero-order chi connectivity index (χ0) is 21.7. The minimum Gasteiger partial charge on any atom is -0.377 e. The fraction of sp³-hybridized carbons (Fsp3) is 0.450. The molecule has 9 nitrogen and oxygen atoms in total. The molecule has 2 N–H and O–H groups in total. The van der Waals surface area contributed by atoms with Crippen LogP contribution < -0.4 is 15.5 Å². The molecular formula is C20H27N5O4S. The number of carbonyl (C=O) groups is 1. The van der Waals surface area contributed by atoms with Gasteiger partial charge in [-0.3, -0.25) is 0 Å². The van der Waals surface area contributed by atoms with Crippen LogP contribution in [0, 0.1) is 0 Å². The number of morpholine rings is 1. The van der Waals surface area contributed by atoms with Crippen molar-refractivity contribution < 1.29 is 17.9 Å². The highest BCUT2D eigenvalue weighted by molar-refractivity contribution is 7.90. The third-order valence-electron chi connectivity index (χ3n) is 4.86. The van der Waals surface area contributed by atoms with Gasteiger partial charge in [-0.2, -0.15) is 0 Å². The molecule has 10 heteroatoms. The maximum atomic E-state index is 12.2. The molecule has 3 rings (SSSR count). The smallest absolute Gasteiger partial charge is 0.318 e. The number of urea groups is 1. The Labute approximate surface area is 176 Å². The topological polar surface area (TPSA) is 114 Å². The predicted molar refractivity (Wildman–Crippen MR) is 116 cm³/mol. The SMILES string of the molecule is CCS(=O)(=O)Cc1cc(N2CCOC[C@@H]2C)nc(-c2ccc(NC(=O)NC)cc2)n1. The summed E-state index contributed by atoms with van der Waals surface area (Å²) in [6.45, 7) is 5.52. The summed E-state index contributed by atoms with van der Waals surface area (Å²) in [5, 5.41) is 5.19. The Morgan fingerprint density at radius 1 is 1.27 bits per heavy atom. The van der Waals surface area contributed by atoms with E-state index in [1.54, 1.807) is 44.3 Å². The van der Waals surface area contributed by atoms with Crippen molar-refractivity contribution in [1.29, 1.82) is 0 Å². The predicted octanol–water partition coefficient (Wildman–Crippen LogP) is 2.05. The lowest BCUT2D eigenvalue weighted by Gasteiger charge is -2.34. The molecule has 1 fully saturated rings. The summed E-state index contributed by atoms with van der Waals surface area (Å²) < 4.78 is 29.9. The van der Waals surface area contributed by atoms with Gasteiger partial charge in [-0.05, 0) is 31.2 Å². The van der Waals surface area contributed by atoms with Crippen LogP contribution in [0.15, 0.2) is 30.3 Å². The molecule has 1 aromatic heterocycles. The summed E-state index contributed by atoms with van der Waals surface area (Å²) in [6.07, 6.45) is 0. The van der Waals surface area contributed by atoms with Gasteiger partial charge in [0.05, 0.1) is 30.7 Å². The molecule has 0 aliphatic carbocycles. The van der Waals surface area contributed by atoms with E-state index in [-0.39, 0.29) is 23.6 Å². The number of amides is 2. The molecule has 1 saturated heterocycles. The van der Waals surface area contributed by atoms with Gasteiger partial charge in [0.2, 0.25) is 0 Å². The van der Waals surface area contributed by atoms with E-state index in [4.69, 9.17) is 9.72 Å². The molecule has 1 aromatic carbocycles. The number of rotatable bonds is 6. The molecule has 1 aliphatic heterocycles. The average Bonchev–Trinajstić information content (AvgIpc) is 2.74. The summed E-state index contributed by atoms with van der Waals surface area (Å²) >= 11 is 0. The Balaban J connectivity index is 1.98. The summed E-state index contributed by atoms with van der Waals surface area (Å²) in [4.78, 5) is 22.8. The largest absolute Gasteiger partial charge is 0.377 e. The van der Waals surface area contributed by atoms with Gasteiger partial charge in [-0.25, -0.2) is 23.2 Å². The lowest BCUT2D eigenvalue weighted by atomic mass is 10.2. The van der Waals surface area contributed by atoms with Crippen LogP contribution in [0.4, 0.5) is 16.3 Å². The Morgan fingerprint density at radius 3 is 2.63 bits per heavy atom. The molecule has 1 aliphatic rings. The molecule has 0 bridgehead atoms. The lowest BCUT2D eigenvalue weighted by molar-refractivity contribution is 0.0985. The summed E-state index contributed by atoms with van der Waals surface area (Å²) in [5.41, 5.74) is 1.82. The molecule has 0 saturated carbocycles. The van der Waals surface area contributed by atoms with E-state index in [1.807, 2.05) is 6.92 Å².